The first-order valence-corrected chi connectivity index (χ1v) is 10.3. The van der Waals surface area contributed by atoms with Gasteiger partial charge in [-0.2, -0.15) is 0 Å². The van der Waals surface area contributed by atoms with E-state index < -0.39 is 21.7 Å². The molecule has 1 aliphatic carbocycles. The molecule has 7 nitrogen and oxygen atoms in total. The van der Waals surface area contributed by atoms with Gasteiger partial charge in [0.2, 0.25) is 0 Å². The maximum atomic E-state index is 12.6. The Balaban J connectivity index is 1.65. The van der Waals surface area contributed by atoms with Crippen molar-refractivity contribution in [3.8, 4) is 0 Å². The fourth-order valence-corrected chi connectivity index (χ4v) is 5.15. The fraction of sp³-hybridized carbons (Fsp3) is 0.368. The van der Waals surface area contributed by atoms with Gasteiger partial charge in [0.15, 0.2) is 9.84 Å². The lowest BCUT2D eigenvalue weighted by molar-refractivity contribution is 0.0694. The topological polar surface area (TPSA) is 114 Å². The summed E-state index contributed by atoms with van der Waals surface area (Å²) in [6, 6.07) is 7.25. The zero-order valence-corrected chi connectivity index (χ0v) is 15.7. The van der Waals surface area contributed by atoms with Gasteiger partial charge in [0, 0.05) is 5.56 Å². The number of aryl methyl sites for hydroxylation is 1. The zero-order valence-electron chi connectivity index (χ0n) is 14.9. The Kier molecular flexibility index (Phi) is 5.36. The summed E-state index contributed by atoms with van der Waals surface area (Å²) in [7, 11) is -3.35. The van der Waals surface area contributed by atoms with Crippen molar-refractivity contribution in [2.75, 3.05) is 0 Å². The molecular weight excluding hydrogens is 370 g/mol. The summed E-state index contributed by atoms with van der Waals surface area (Å²) in [5.41, 5.74) is 0.378. The SMILES string of the molecule is Cc1oc(CNC(=O)c2ccc(S(=O)(=O)C3CCCC3)cc2)cc1C(=O)O. The number of sulfone groups is 1. The van der Waals surface area contributed by atoms with Crippen LogP contribution in [0, 0.1) is 6.92 Å². The largest absolute Gasteiger partial charge is 0.478 e. The third-order valence-corrected chi connectivity index (χ3v) is 7.09. The first kappa shape index (κ1) is 19.2. The van der Waals surface area contributed by atoms with Gasteiger partial charge in [0.1, 0.15) is 17.1 Å². The second kappa shape index (κ2) is 7.56. The molecule has 2 N–H and O–H groups in total. The molecule has 1 heterocycles. The Morgan fingerprint density at radius 1 is 1.19 bits per heavy atom. The highest BCUT2D eigenvalue weighted by Gasteiger charge is 2.30. The lowest BCUT2D eigenvalue weighted by atomic mass is 10.2. The third-order valence-electron chi connectivity index (χ3n) is 4.81. The number of hydrogen-bond acceptors (Lipinski definition) is 5. The number of carbonyl (C=O) groups excluding carboxylic acids is 1. The number of hydrogen-bond donors (Lipinski definition) is 2. The molecule has 2 aromatic rings. The first-order valence-electron chi connectivity index (χ1n) is 8.74. The van der Waals surface area contributed by atoms with Gasteiger partial charge in [0.25, 0.3) is 5.91 Å². The number of furan rings is 1. The lowest BCUT2D eigenvalue weighted by Gasteiger charge is -2.11. The van der Waals surface area contributed by atoms with Gasteiger partial charge in [-0.25, -0.2) is 13.2 Å². The summed E-state index contributed by atoms with van der Waals surface area (Å²) < 4.78 is 30.4. The second-order valence-corrected chi connectivity index (χ2v) is 8.87. The van der Waals surface area contributed by atoms with Gasteiger partial charge in [-0.3, -0.25) is 4.79 Å². The number of rotatable bonds is 6. The molecule has 0 radical (unpaired) electrons. The Morgan fingerprint density at radius 3 is 2.37 bits per heavy atom. The maximum absolute atomic E-state index is 12.6. The third kappa shape index (κ3) is 4.05. The van der Waals surface area contributed by atoms with Crippen LogP contribution in [0.4, 0.5) is 0 Å². The molecule has 1 amide bonds. The van der Waals surface area contributed by atoms with E-state index in [1.165, 1.54) is 37.3 Å². The summed E-state index contributed by atoms with van der Waals surface area (Å²) in [6.45, 7) is 1.58. The van der Waals surface area contributed by atoms with E-state index in [2.05, 4.69) is 5.32 Å². The number of aromatic carboxylic acids is 1. The minimum Gasteiger partial charge on any atom is -0.478 e. The molecular formula is C19H21NO6S. The predicted octanol–water partition coefficient (Wildman–Crippen LogP) is 2.93. The van der Waals surface area contributed by atoms with Crippen LogP contribution >= 0.6 is 0 Å². The van der Waals surface area contributed by atoms with Gasteiger partial charge in [-0.05, 0) is 50.1 Å². The molecule has 1 aromatic heterocycles. The van der Waals surface area contributed by atoms with Crippen LogP contribution in [0.1, 0.15) is 57.9 Å². The molecule has 0 aliphatic heterocycles. The summed E-state index contributed by atoms with van der Waals surface area (Å²) in [6.07, 6.45) is 3.23. The first-order chi connectivity index (χ1) is 12.8. The maximum Gasteiger partial charge on any atom is 0.339 e. The molecule has 0 spiro atoms. The molecule has 8 heteroatoms. The second-order valence-electron chi connectivity index (χ2n) is 6.65. The van der Waals surface area contributed by atoms with Gasteiger partial charge < -0.3 is 14.8 Å². The highest BCUT2D eigenvalue weighted by molar-refractivity contribution is 7.92. The predicted molar refractivity (Wildman–Crippen MR) is 97.5 cm³/mol. The van der Waals surface area contributed by atoms with Crippen molar-refractivity contribution in [2.24, 2.45) is 0 Å². The minimum absolute atomic E-state index is 0.0368. The standard InChI is InChI=1S/C19H21NO6S/c1-12-17(19(22)23)10-14(26-12)11-20-18(21)13-6-8-16(9-7-13)27(24,25)15-4-2-3-5-15/h6-10,15H,2-5,11H2,1H3,(H,20,21)(H,22,23). The van der Waals surface area contributed by atoms with E-state index in [4.69, 9.17) is 9.52 Å². The van der Waals surface area contributed by atoms with Crippen LogP contribution in [-0.2, 0) is 16.4 Å². The number of carboxylic acids is 1. The average molecular weight is 391 g/mol. The van der Waals surface area contributed by atoms with Gasteiger partial charge in [-0.1, -0.05) is 12.8 Å². The molecule has 0 bridgehead atoms. The lowest BCUT2D eigenvalue weighted by Crippen LogP contribution is -2.23. The molecule has 1 saturated carbocycles. The van der Waals surface area contributed by atoms with E-state index in [-0.39, 0.29) is 28.0 Å². The smallest absolute Gasteiger partial charge is 0.339 e. The Morgan fingerprint density at radius 2 is 1.81 bits per heavy atom. The molecule has 144 valence electrons. The van der Waals surface area contributed by atoms with E-state index in [0.717, 1.165) is 12.8 Å². The van der Waals surface area contributed by atoms with Crippen molar-refractivity contribution in [3.05, 3.63) is 53.0 Å². The van der Waals surface area contributed by atoms with Crippen LogP contribution in [0.3, 0.4) is 0 Å². The zero-order chi connectivity index (χ0) is 19.6. The molecule has 0 unspecified atom stereocenters. The van der Waals surface area contributed by atoms with Crippen molar-refractivity contribution in [1.29, 1.82) is 0 Å². The summed E-state index contributed by atoms with van der Waals surface area (Å²) in [5.74, 6) is -0.884. The average Bonchev–Trinajstić information content (AvgIpc) is 3.30. The number of carboxylic acid groups (broad SMARTS) is 1. The monoisotopic (exact) mass is 391 g/mol. The highest BCUT2D eigenvalue weighted by Crippen LogP contribution is 2.29. The van der Waals surface area contributed by atoms with Crippen LogP contribution in [0.5, 0.6) is 0 Å². The fourth-order valence-electron chi connectivity index (χ4n) is 3.30. The summed E-state index contributed by atoms with van der Waals surface area (Å²) >= 11 is 0. The van der Waals surface area contributed by atoms with Gasteiger partial charge in [0.05, 0.1) is 16.7 Å². The van der Waals surface area contributed by atoms with Crippen LogP contribution in [-0.4, -0.2) is 30.7 Å². The van der Waals surface area contributed by atoms with Gasteiger partial charge in [-0.15, -0.1) is 0 Å². The molecule has 27 heavy (non-hydrogen) atoms. The Bertz CT molecular complexity index is 953. The normalized spacial score (nSPS) is 15.0. The van der Waals surface area contributed by atoms with E-state index in [9.17, 15) is 18.0 Å². The van der Waals surface area contributed by atoms with Crippen LogP contribution in [0.15, 0.2) is 39.6 Å². The molecule has 1 fully saturated rings. The van der Waals surface area contributed by atoms with Crippen LogP contribution < -0.4 is 5.32 Å². The highest BCUT2D eigenvalue weighted by atomic mass is 32.2. The molecule has 0 saturated heterocycles. The van der Waals surface area contributed by atoms with Crippen molar-refractivity contribution in [1.82, 2.24) is 5.32 Å². The van der Waals surface area contributed by atoms with Crippen molar-refractivity contribution in [3.63, 3.8) is 0 Å². The molecule has 0 atom stereocenters. The number of carbonyl (C=O) groups is 2. The Hall–Kier alpha value is -2.61. The van der Waals surface area contributed by atoms with E-state index >= 15 is 0 Å². The van der Waals surface area contributed by atoms with Gasteiger partial charge >= 0.3 is 5.97 Å². The van der Waals surface area contributed by atoms with Crippen LogP contribution in [0.2, 0.25) is 0 Å². The summed E-state index contributed by atoms with van der Waals surface area (Å²) in [4.78, 5) is 23.5. The number of amides is 1. The Labute approximate surface area is 157 Å². The van der Waals surface area contributed by atoms with Crippen LogP contribution in [0.25, 0.3) is 0 Å². The number of nitrogens with one attached hydrogen (secondary N) is 1. The summed E-state index contributed by atoms with van der Waals surface area (Å²) in [5, 5.41) is 11.3. The minimum atomic E-state index is -3.35. The van der Waals surface area contributed by atoms with Crippen molar-refractivity contribution >= 4 is 21.7 Å². The number of benzene rings is 1. The quantitative estimate of drug-likeness (QED) is 0.783. The molecule has 3 rings (SSSR count). The molecule has 1 aliphatic rings. The van der Waals surface area contributed by atoms with E-state index in [0.29, 0.717) is 24.2 Å². The van der Waals surface area contributed by atoms with Crippen molar-refractivity contribution < 1.29 is 27.5 Å². The van der Waals surface area contributed by atoms with E-state index in [1.54, 1.807) is 0 Å². The van der Waals surface area contributed by atoms with Crippen molar-refractivity contribution in [2.45, 2.75) is 49.3 Å². The van der Waals surface area contributed by atoms with E-state index in [1.807, 2.05) is 0 Å². The molecule has 1 aromatic carbocycles.